The third kappa shape index (κ3) is 4.18. The molecule has 1 saturated heterocycles. The van der Waals surface area contributed by atoms with Crippen molar-refractivity contribution < 1.29 is 9.59 Å². The van der Waals surface area contributed by atoms with Gasteiger partial charge in [-0.1, -0.05) is 53.5 Å². The molecule has 2 atom stereocenters. The molecular weight excluding hydrogens is 373 g/mol. The molecule has 1 aliphatic rings. The molecule has 2 aromatic rings. The van der Waals surface area contributed by atoms with Crippen molar-refractivity contribution in [3.8, 4) is 0 Å². The molecule has 2 unspecified atom stereocenters. The Labute approximate surface area is 162 Å². The van der Waals surface area contributed by atoms with Crippen LogP contribution < -0.4 is 11.1 Å². The number of rotatable bonds is 5. The van der Waals surface area contributed by atoms with Crippen LogP contribution in [0.25, 0.3) is 0 Å². The monoisotopic (exact) mass is 391 g/mol. The molecule has 1 heterocycles. The second-order valence-corrected chi connectivity index (χ2v) is 7.13. The van der Waals surface area contributed by atoms with Crippen LogP contribution in [0.2, 0.25) is 10.0 Å². The number of benzene rings is 2. The first-order valence-electron chi connectivity index (χ1n) is 8.32. The Morgan fingerprint density at radius 3 is 2.38 bits per heavy atom. The minimum Gasteiger partial charge on any atom is -0.368 e. The molecule has 0 spiro atoms. The van der Waals surface area contributed by atoms with E-state index >= 15 is 0 Å². The summed E-state index contributed by atoms with van der Waals surface area (Å²) in [7, 11) is 0. The van der Waals surface area contributed by atoms with Crippen molar-refractivity contribution in [2.75, 3.05) is 11.9 Å². The lowest BCUT2D eigenvalue weighted by Gasteiger charge is -2.31. The predicted octanol–water partition coefficient (Wildman–Crippen LogP) is 3.62. The molecule has 26 heavy (non-hydrogen) atoms. The Balaban J connectivity index is 1.92. The van der Waals surface area contributed by atoms with Gasteiger partial charge in [0.05, 0.1) is 6.04 Å². The second kappa shape index (κ2) is 8.08. The predicted molar refractivity (Wildman–Crippen MR) is 103 cm³/mol. The van der Waals surface area contributed by atoms with E-state index in [4.69, 9.17) is 28.9 Å². The van der Waals surface area contributed by atoms with Crippen molar-refractivity contribution in [2.24, 2.45) is 5.73 Å². The highest BCUT2D eigenvalue weighted by molar-refractivity contribution is 6.35. The maximum absolute atomic E-state index is 13.1. The molecule has 136 valence electrons. The second-order valence-electron chi connectivity index (χ2n) is 6.26. The average Bonchev–Trinajstić information content (AvgIpc) is 3.04. The SMILES string of the molecule is NC(=O)C1CCCN1C(C(=O)Nc1cc(Cl)cc(Cl)c1)c1ccccc1. The Morgan fingerprint density at radius 2 is 1.77 bits per heavy atom. The van der Waals surface area contributed by atoms with Gasteiger partial charge in [0.25, 0.3) is 0 Å². The van der Waals surface area contributed by atoms with E-state index in [2.05, 4.69) is 5.32 Å². The summed E-state index contributed by atoms with van der Waals surface area (Å²) < 4.78 is 0. The lowest BCUT2D eigenvalue weighted by molar-refractivity contribution is -0.127. The first-order chi connectivity index (χ1) is 12.5. The van der Waals surface area contributed by atoms with Gasteiger partial charge in [0, 0.05) is 22.3 Å². The summed E-state index contributed by atoms with van der Waals surface area (Å²) in [6, 6.07) is 13.1. The quantitative estimate of drug-likeness (QED) is 0.816. The van der Waals surface area contributed by atoms with E-state index in [0.717, 1.165) is 12.0 Å². The Hall–Kier alpha value is -2.08. The smallest absolute Gasteiger partial charge is 0.246 e. The van der Waals surface area contributed by atoms with Gasteiger partial charge in [-0.25, -0.2) is 0 Å². The van der Waals surface area contributed by atoms with Crippen LogP contribution in [-0.2, 0) is 9.59 Å². The number of amides is 2. The third-order valence-corrected chi connectivity index (χ3v) is 4.88. The summed E-state index contributed by atoms with van der Waals surface area (Å²) in [6.45, 7) is 0.622. The Bertz CT molecular complexity index is 793. The number of nitrogens with zero attached hydrogens (tertiary/aromatic N) is 1. The number of hydrogen-bond acceptors (Lipinski definition) is 3. The summed E-state index contributed by atoms with van der Waals surface area (Å²) in [4.78, 5) is 26.8. The molecule has 0 bridgehead atoms. The minimum atomic E-state index is -0.631. The molecule has 2 amide bonds. The number of carbonyl (C=O) groups excluding carboxylic acids is 2. The fourth-order valence-electron chi connectivity index (χ4n) is 3.37. The van der Waals surface area contributed by atoms with E-state index < -0.39 is 18.0 Å². The number of carbonyl (C=O) groups is 2. The van der Waals surface area contributed by atoms with E-state index in [1.54, 1.807) is 18.2 Å². The van der Waals surface area contributed by atoms with Crippen molar-refractivity contribution >= 4 is 40.7 Å². The fraction of sp³-hybridized carbons (Fsp3) is 0.263. The van der Waals surface area contributed by atoms with Crippen molar-refractivity contribution in [3.05, 3.63) is 64.1 Å². The molecule has 3 rings (SSSR count). The van der Waals surface area contributed by atoms with Crippen LogP contribution in [0.3, 0.4) is 0 Å². The molecule has 0 radical (unpaired) electrons. The number of nitrogens with two attached hydrogens (primary N) is 1. The zero-order chi connectivity index (χ0) is 18.7. The maximum atomic E-state index is 13.1. The largest absolute Gasteiger partial charge is 0.368 e. The zero-order valence-corrected chi connectivity index (χ0v) is 15.5. The van der Waals surface area contributed by atoms with Crippen LogP contribution in [-0.4, -0.2) is 29.3 Å². The van der Waals surface area contributed by atoms with Gasteiger partial charge in [-0.05, 0) is 36.6 Å². The number of anilines is 1. The third-order valence-electron chi connectivity index (χ3n) is 4.45. The van der Waals surface area contributed by atoms with Gasteiger partial charge >= 0.3 is 0 Å². The van der Waals surface area contributed by atoms with Gasteiger partial charge in [0.1, 0.15) is 6.04 Å². The summed E-state index contributed by atoms with van der Waals surface area (Å²) >= 11 is 12.0. The topological polar surface area (TPSA) is 75.4 Å². The van der Waals surface area contributed by atoms with Gasteiger partial charge in [-0.15, -0.1) is 0 Å². The number of primary amides is 1. The molecule has 2 aromatic carbocycles. The van der Waals surface area contributed by atoms with Crippen LogP contribution in [0.1, 0.15) is 24.4 Å². The summed E-state index contributed by atoms with van der Waals surface area (Å²) in [5.74, 6) is -0.676. The summed E-state index contributed by atoms with van der Waals surface area (Å²) in [5, 5.41) is 3.72. The van der Waals surface area contributed by atoms with Crippen molar-refractivity contribution in [2.45, 2.75) is 24.9 Å². The highest BCUT2D eigenvalue weighted by Gasteiger charge is 2.38. The van der Waals surface area contributed by atoms with E-state index in [-0.39, 0.29) is 5.91 Å². The van der Waals surface area contributed by atoms with Crippen molar-refractivity contribution in [1.29, 1.82) is 0 Å². The molecule has 0 saturated carbocycles. The fourth-order valence-corrected chi connectivity index (χ4v) is 3.90. The Kier molecular flexibility index (Phi) is 5.81. The molecule has 1 fully saturated rings. The standard InChI is InChI=1S/C19H19Cl2N3O2/c20-13-9-14(21)11-15(10-13)23-19(26)17(12-5-2-1-3-6-12)24-8-4-7-16(24)18(22)25/h1-3,5-6,9-11,16-17H,4,7-8H2,(H2,22,25)(H,23,26). The van der Waals surface area contributed by atoms with Gasteiger partial charge in [0.15, 0.2) is 0 Å². The highest BCUT2D eigenvalue weighted by atomic mass is 35.5. The number of likely N-dealkylation sites (tertiary alicyclic amines) is 1. The van der Waals surface area contributed by atoms with Crippen LogP contribution in [0.4, 0.5) is 5.69 Å². The van der Waals surface area contributed by atoms with Gasteiger partial charge in [0.2, 0.25) is 11.8 Å². The van der Waals surface area contributed by atoms with Crippen LogP contribution in [0.15, 0.2) is 48.5 Å². The molecule has 3 N–H and O–H groups in total. The molecule has 5 nitrogen and oxygen atoms in total. The lowest BCUT2D eigenvalue weighted by Crippen LogP contribution is -2.46. The van der Waals surface area contributed by atoms with E-state index in [1.165, 1.54) is 0 Å². The van der Waals surface area contributed by atoms with Gasteiger partial charge < -0.3 is 11.1 Å². The number of halogens is 2. The summed E-state index contributed by atoms with van der Waals surface area (Å²) in [6.07, 6.45) is 1.46. The van der Waals surface area contributed by atoms with E-state index in [9.17, 15) is 9.59 Å². The van der Waals surface area contributed by atoms with E-state index in [1.807, 2.05) is 35.2 Å². The molecular formula is C19H19Cl2N3O2. The average molecular weight is 392 g/mol. The molecule has 7 heteroatoms. The normalized spacial score (nSPS) is 18.5. The number of nitrogens with one attached hydrogen (secondary N) is 1. The lowest BCUT2D eigenvalue weighted by atomic mass is 10.0. The van der Waals surface area contributed by atoms with Crippen LogP contribution in [0, 0.1) is 0 Å². The first-order valence-corrected chi connectivity index (χ1v) is 9.08. The van der Waals surface area contributed by atoms with Crippen LogP contribution in [0.5, 0.6) is 0 Å². The highest BCUT2D eigenvalue weighted by Crippen LogP contribution is 2.31. The minimum absolute atomic E-state index is 0.261. The molecule has 1 aliphatic heterocycles. The molecule has 0 aliphatic carbocycles. The van der Waals surface area contributed by atoms with Gasteiger partial charge in [-0.3, -0.25) is 14.5 Å². The van der Waals surface area contributed by atoms with Gasteiger partial charge in [-0.2, -0.15) is 0 Å². The zero-order valence-electron chi connectivity index (χ0n) is 14.0. The molecule has 0 aromatic heterocycles. The first kappa shape index (κ1) is 18.7. The summed E-state index contributed by atoms with van der Waals surface area (Å²) in [5.41, 5.74) is 6.85. The maximum Gasteiger partial charge on any atom is 0.246 e. The van der Waals surface area contributed by atoms with Crippen LogP contribution >= 0.6 is 23.2 Å². The van der Waals surface area contributed by atoms with E-state index in [0.29, 0.717) is 28.7 Å². The van der Waals surface area contributed by atoms with Crippen molar-refractivity contribution in [3.63, 3.8) is 0 Å². The van der Waals surface area contributed by atoms with Crippen molar-refractivity contribution in [1.82, 2.24) is 4.90 Å². The Morgan fingerprint density at radius 1 is 1.12 bits per heavy atom. The number of hydrogen-bond donors (Lipinski definition) is 2.